The minimum absolute atomic E-state index is 0.712. The highest BCUT2D eigenvalue weighted by atomic mass is 15.0. The Labute approximate surface area is 321 Å². The summed E-state index contributed by atoms with van der Waals surface area (Å²) in [6.07, 6.45) is 3.15. The summed E-state index contributed by atoms with van der Waals surface area (Å²) in [4.78, 5) is 0. The van der Waals surface area contributed by atoms with Gasteiger partial charge in [-0.05, 0) is 71.1 Å². The molecule has 262 valence electrons. The molecule has 0 amide bonds. The van der Waals surface area contributed by atoms with Crippen molar-refractivity contribution < 1.29 is 0 Å². The van der Waals surface area contributed by atoms with Gasteiger partial charge in [0.1, 0.15) is 0 Å². The summed E-state index contributed by atoms with van der Waals surface area (Å²) in [5.41, 5.74) is 14.2. The second kappa shape index (κ2) is 14.0. The fourth-order valence-electron chi connectivity index (χ4n) is 8.18. The van der Waals surface area contributed by atoms with Crippen LogP contribution in [0.5, 0.6) is 0 Å². The zero-order valence-corrected chi connectivity index (χ0v) is 30.4. The molecule has 0 spiro atoms. The molecule has 2 heterocycles. The summed E-state index contributed by atoms with van der Waals surface area (Å²) in [6.45, 7) is 0.712. The third-order valence-electron chi connectivity index (χ3n) is 10.8. The predicted molar refractivity (Wildman–Crippen MR) is 232 cm³/mol. The van der Waals surface area contributed by atoms with Gasteiger partial charge in [0.05, 0.1) is 22.1 Å². The maximum atomic E-state index is 3.90. The van der Waals surface area contributed by atoms with Crippen LogP contribution >= 0.6 is 0 Å². The Morgan fingerprint density at radius 1 is 0.400 bits per heavy atom. The molecule has 0 unspecified atom stereocenters. The van der Waals surface area contributed by atoms with E-state index < -0.39 is 0 Å². The van der Waals surface area contributed by atoms with Crippen molar-refractivity contribution in [3.8, 4) is 22.5 Å². The van der Waals surface area contributed by atoms with Gasteiger partial charge in [0, 0.05) is 50.7 Å². The Bertz CT molecular complexity index is 2750. The van der Waals surface area contributed by atoms with Crippen LogP contribution in [0.15, 0.2) is 206 Å². The quantitative estimate of drug-likeness (QED) is 0.159. The van der Waals surface area contributed by atoms with E-state index >= 15 is 0 Å². The first-order chi connectivity index (χ1) is 27.3. The maximum Gasteiger partial charge on any atom is 0.0541 e. The van der Waals surface area contributed by atoms with Gasteiger partial charge in [-0.15, -0.1) is 0 Å². The van der Waals surface area contributed by atoms with E-state index in [1.807, 2.05) is 0 Å². The van der Waals surface area contributed by atoms with E-state index in [2.05, 4.69) is 221 Å². The average molecular weight is 706 g/mol. The largest absolute Gasteiger partial charge is 0.381 e. The second-order valence-electron chi connectivity index (χ2n) is 14.2. The van der Waals surface area contributed by atoms with E-state index in [4.69, 9.17) is 0 Å². The van der Waals surface area contributed by atoms with Gasteiger partial charge in [-0.3, -0.25) is 0 Å². The molecule has 0 bridgehead atoms. The van der Waals surface area contributed by atoms with Gasteiger partial charge in [-0.2, -0.15) is 0 Å². The van der Waals surface area contributed by atoms with Crippen LogP contribution in [0, 0.1) is 0 Å². The Morgan fingerprint density at radius 3 is 1.31 bits per heavy atom. The Balaban J connectivity index is 1.18. The van der Waals surface area contributed by atoms with Gasteiger partial charge in [0.2, 0.25) is 0 Å². The number of hydrogen-bond acceptors (Lipinski definition) is 1. The van der Waals surface area contributed by atoms with Crippen molar-refractivity contribution in [3.63, 3.8) is 0 Å². The van der Waals surface area contributed by atoms with Crippen LogP contribution in [0.2, 0.25) is 0 Å². The zero-order valence-electron chi connectivity index (χ0n) is 30.4. The van der Waals surface area contributed by atoms with Gasteiger partial charge in [-0.1, -0.05) is 164 Å². The molecule has 10 rings (SSSR count). The summed E-state index contributed by atoms with van der Waals surface area (Å²) < 4.78 is 4.87. The fourth-order valence-corrected chi connectivity index (χ4v) is 8.18. The molecule has 55 heavy (non-hydrogen) atoms. The summed E-state index contributed by atoms with van der Waals surface area (Å²) in [5, 5.41) is 8.89. The number of aromatic nitrogens is 2. The minimum atomic E-state index is 0.712. The van der Waals surface area contributed by atoms with Crippen molar-refractivity contribution in [1.29, 1.82) is 0 Å². The summed E-state index contributed by atoms with van der Waals surface area (Å²) in [6, 6.07) is 72.4. The van der Waals surface area contributed by atoms with Crippen LogP contribution in [0.1, 0.15) is 16.7 Å². The van der Waals surface area contributed by atoms with E-state index in [9.17, 15) is 0 Å². The molecule has 3 heteroatoms. The molecule has 0 aliphatic rings. The molecule has 0 aliphatic heterocycles. The van der Waals surface area contributed by atoms with Gasteiger partial charge >= 0.3 is 0 Å². The molecular weight excluding hydrogens is 667 g/mol. The smallest absolute Gasteiger partial charge is 0.0541 e. The number of nitrogens with one attached hydrogen (secondary N) is 1. The number of nitrogens with zero attached hydrogens (tertiary/aromatic N) is 2. The van der Waals surface area contributed by atoms with Gasteiger partial charge in [0.15, 0.2) is 0 Å². The first-order valence-electron chi connectivity index (χ1n) is 19.0. The molecule has 1 N–H and O–H groups in total. The van der Waals surface area contributed by atoms with Gasteiger partial charge < -0.3 is 14.5 Å². The number of rotatable bonds is 9. The molecule has 2 aromatic heterocycles. The molecule has 8 aromatic carbocycles. The minimum Gasteiger partial charge on any atom is -0.381 e. The average Bonchev–Trinajstić information content (AvgIpc) is 3.78. The summed E-state index contributed by atoms with van der Waals surface area (Å²) >= 11 is 0. The van der Waals surface area contributed by atoms with E-state index in [1.54, 1.807) is 0 Å². The highest BCUT2D eigenvalue weighted by molar-refractivity contribution is 6.10. The number of hydrogen-bond donors (Lipinski definition) is 1. The van der Waals surface area contributed by atoms with Crippen molar-refractivity contribution in [2.24, 2.45) is 0 Å². The SMILES string of the molecule is C(/Cc1ccc(-c2ccccc2)cc1)=C(/NCc1ccccc1)c1cc(-n2c3ccccc3c3ccccc32)cc(-n2c3ccccc3c3ccccc32)c1. The van der Waals surface area contributed by atoms with Gasteiger partial charge in [-0.25, -0.2) is 0 Å². The lowest BCUT2D eigenvalue weighted by Gasteiger charge is -2.18. The van der Waals surface area contributed by atoms with Crippen molar-refractivity contribution in [2.75, 3.05) is 0 Å². The molecule has 0 radical (unpaired) electrons. The van der Waals surface area contributed by atoms with Crippen molar-refractivity contribution in [3.05, 3.63) is 223 Å². The lowest BCUT2D eigenvalue weighted by molar-refractivity contribution is 0.885. The lowest BCUT2D eigenvalue weighted by Crippen LogP contribution is -2.13. The first kappa shape index (κ1) is 32.5. The Hall–Kier alpha value is -7.10. The monoisotopic (exact) mass is 705 g/mol. The molecular formula is C52H39N3. The number of allylic oxidation sites excluding steroid dienone is 1. The predicted octanol–water partition coefficient (Wildman–Crippen LogP) is 12.9. The van der Waals surface area contributed by atoms with Crippen LogP contribution in [-0.2, 0) is 13.0 Å². The van der Waals surface area contributed by atoms with Crippen LogP contribution in [-0.4, -0.2) is 9.13 Å². The fraction of sp³-hybridized carbons (Fsp3) is 0.0385. The topological polar surface area (TPSA) is 21.9 Å². The third-order valence-corrected chi connectivity index (χ3v) is 10.8. The number of fused-ring (bicyclic) bond motifs is 6. The molecule has 0 aliphatic carbocycles. The lowest BCUT2D eigenvalue weighted by atomic mass is 10.0. The molecule has 0 fully saturated rings. The van der Waals surface area contributed by atoms with Crippen molar-refractivity contribution in [2.45, 2.75) is 13.0 Å². The van der Waals surface area contributed by atoms with Crippen LogP contribution in [0.3, 0.4) is 0 Å². The molecule has 10 aromatic rings. The molecule has 3 nitrogen and oxygen atoms in total. The summed E-state index contributed by atoms with van der Waals surface area (Å²) in [7, 11) is 0. The molecule has 0 saturated heterocycles. The molecule has 0 saturated carbocycles. The van der Waals surface area contributed by atoms with Crippen LogP contribution < -0.4 is 5.32 Å². The first-order valence-corrected chi connectivity index (χ1v) is 19.0. The highest BCUT2D eigenvalue weighted by Gasteiger charge is 2.18. The third kappa shape index (κ3) is 6.06. The standard InChI is InChI=1S/C52H39N3/c1-3-15-38(16-4-1)36-53-48(32-29-37-27-30-40(31-28-37)39-17-5-2-6-18-39)41-33-42(54-49-23-11-7-19-44(49)45-20-8-12-24-50(45)54)35-43(34-41)55-51-25-13-9-21-46(51)47-22-10-14-26-52(47)55/h1-28,30-35,53H,29,36H2/b48-32-. The summed E-state index contributed by atoms with van der Waals surface area (Å²) in [5.74, 6) is 0. The van der Waals surface area contributed by atoms with E-state index in [-0.39, 0.29) is 0 Å². The van der Waals surface area contributed by atoms with Crippen LogP contribution in [0.25, 0.3) is 71.8 Å². The number of benzene rings is 8. The van der Waals surface area contributed by atoms with E-state index in [0.29, 0.717) is 6.54 Å². The Morgan fingerprint density at radius 2 is 0.818 bits per heavy atom. The normalized spacial score (nSPS) is 11.9. The van der Waals surface area contributed by atoms with Gasteiger partial charge in [0.25, 0.3) is 0 Å². The van der Waals surface area contributed by atoms with Crippen molar-refractivity contribution in [1.82, 2.24) is 14.5 Å². The van der Waals surface area contributed by atoms with Crippen molar-refractivity contribution >= 4 is 49.3 Å². The Kier molecular flexibility index (Phi) is 8.31. The highest BCUT2D eigenvalue weighted by Crippen LogP contribution is 2.37. The van der Waals surface area contributed by atoms with E-state index in [0.717, 1.165) is 29.1 Å². The van der Waals surface area contributed by atoms with E-state index in [1.165, 1.54) is 65.9 Å². The zero-order chi connectivity index (χ0) is 36.6. The maximum absolute atomic E-state index is 3.90. The van der Waals surface area contributed by atoms with Crippen LogP contribution in [0.4, 0.5) is 0 Å². The number of para-hydroxylation sites is 4. The second-order valence-corrected chi connectivity index (χ2v) is 14.2. The molecule has 0 atom stereocenters.